The van der Waals surface area contributed by atoms with Crippen LogP contribution in [0.4, 0.5) is 4.79 Å². The Labute approximate surface area is 102 Å². The number of aromatic nitrogens is 2. The van der Waals surface area contributed by atoms with E-state index in [1.165, 1.54) is 3.96 Å². The molecule has 0 saturated carbocycles. The Balaban J connectivity index is 2.53. The molecule has 6 heteroatoms. The predicted octanol–water partition coefficient (Wildman–Crippen LogP) is 1.77. The molecule has 0 unspecified atom stereocenters. The van der Waals surface area contributed by atoms with Gasteiger partial charge < -0.3 is 4.90 Å². The fraction of sp³-hybridized carbons (Fsp3) is 0.364. The molecule has 2 aromatic heterocycles. The minimum atomic E-state index is -0.282. The summed E-state index contributed by atoms with van der Waals surface area (Å²) in [6.07, 6.45) is 1.62. The molecule has 0 spiro atoms. The molecule has 0 aromatic carbocycles. The van der Waals surface area contributed by atoms with Crippen molar-refractivity contribution in [2.75, 3.05) is 13.1 Å². The van der Waals surface area contributed by atoms with Crippen molar-refractivity contribution in [3.05, 3.63) is 28.7 Å². The van der Waals surface area contributed by atoms with Gasteiger partial charge >= 0.3 is 6.03 Å². The fourth-order valence-corrected chi connectivity index (χ4v) is 2.52. The quantitative estimate of drug-likeness (QED) is 0.817. The van der Waals surface area contributed by atoms with Crippen molar-refractivity contribution in [2.45, 2.75) is 13.8 Å². The van der Waals surface area contributed by atoms with E-state index in [9.17, 15) is 9.59 Å². The minimum Gasteiger partial charge on any atom is -0.324 e. The fourth-order valence-electron chi connectivity index (χ4n) is 1.61. The summed E-state index contributed by atoms with van der Waals surface area (Å²) in [6.45, 7) is 4.95. The average Bonchev–Trinajstić information content (AvgIpc) is 2.69. The highest BCUT2D eigenvalue weighted by Gasteiger charge is 2.18. The van der Waals surface area contributed by atoms with Gasteiger partial charge in [0.1, 0.15) is 4.83 Å². The normalized spacial score (nSPS) is 10.7. The van der Waals surface area contributed by atoms with E-state index >= 15 is 0 Å². The highest BCUT2D eigenvalue weighted by molar-refractivity contribution is 7.14. The molecule has 0 aliphatic heterocycles. The Bertz CT molecular complexity index is 598. The third-order valence-electron chi connectivity index (χ3n) is 2.57. The molecule has 2 rings (SSSR count). The van der Waals surface area contributed by atoms with Crippen LogP contribution in [0.2, 0.25) is 0 Å². The molecule has 17 heavy (non-hydrogen) atoms. The number of rotatable bonds is 2. The Morgan fingerprint density at radius 2 is 2.18 bits per heavy atom. The first-order valence-corrected chi connectivity index (χ1v) is 6.22. The molecule has 0 N–H and O–H groups in total. The van der Waals surface area contributed by atoms with E-state index in [0.717, 1.165) is 11.5 Å². The number of carbonyl (C=O) groups is 1. The zero-order chi connectivity index (χ0) is 12.4. The van der Waals surface area contributed by atoms with Crippen LogP contribution in [-0.2, 0) is 0 Å². The summed E-state index contributed by atoms with van der Waals surface area (Å²) < 4.78 is 1.17. The smallest absolute Gasteiger partial charge is 0.324 e. The van der Waals surface area contributed by atoms with Crippen molar-refractivity contribution >= 4 is 27.8 Å². The number of pyridine rings is 1. The standard InChI is InChI=1S/C11H13N3O2S/c1-3-13(4-2)11(16)14-10(15)8-6-5-7-12-9(8)17-14/h5-7H,3-4H2,1-2H3. The lowest BCUT2D eigenvalue weighted by molar-refractivity contribution is 0.207. The lowest BCUT2D eigenvalue weighted by Crippen LogP contribution is -2.37. The van der Waals surface area contributed by atoms with Crippen LogP contribution in [-0.4, -0.2) is 33.0 Å². The Morgan fingerprint density at radius 1 is 1.47 bits per heavy atom. The van der Waals surface area contributed by atoms with Crippen molar-refractivity contribution in [2.24, 2.45) is 0 Å². The van der Waals surface area contributed by atoms with Gasteiger partial charge in [-0.05, 0) is 37.5 Å². The van der Waals surface area contributed by atoms with Gasteiger partial charge in [0.25, 0.3) is 5.56 Å². The van der Waals surface area contributed by atoms with Gasteiger partial charge in [0.05, 0.1) is 5.39 Å². The first-order chi connectivity index (χ1) is 8.19. The van der Waals surface area contributed by atoms with E-state index < -0.39 is 0 Å². The Kier molecular flexibility index (Phi) is 3.23. The van der Waals surface area contributed by atoms with Crippen molar-refractivity contribution in [1.29, 1.82) is 0 Å². The maximum Gasteiger partial charge on any atom is 0.340 e. The summed E-state index contributed by atoms with van der Waals surface area (Å²) in [5, 5.41) is 0.498. The van der Waals surface area contributed by atoms with E-state index in [1.54, 1.807) is 23.2 Å². The van der Waals surface area contributed by atoms with E-state index in [0.29, 0.717) is 23.3 Å². The molecule has 2 aromatic rings. The third kappa shape index (κ3) is 1.95. The van der Waals surface area contributed by atoms with Crippen LogP contribution in [0.3, 0.4) is 0 Å². The van der Waals surface area contributed by atoms with Gasteiger partial charge in [-0.3, -0.25) is 4.79 Å². The van der Waals surface area contributed by atoms with Crippen molar-refractivity contribution < 1.29 is 4.79 Å². The lowest BCUT2D eigenvalue weighted by Gasteiger charge is -2.17. The molecular weight excluding hydrogens is 238 g/mol. The van der Waals surface area contributed by atoms with Gasteiger partial charge in [-0.25, -0.2) is 9.78 Å². The van der Waals surface area contributed by atoms with Crippen LogP contribution in [0.5, 0.6) is 0 Å². The predicted molar refractivity (Wildman–Crippen MR) is 67.6 cm³/mol. The van der Waals surface area contributed by atoms with Gasteiger partial charge in [0, 0.05) is 19.3 Å². The summed E-state index contributed by atoms with van der Waals surface area (Å²) in [6, 6.07) is 3.11. The van der Waals surface area contributed by atoms with Crippen molar-refractivity contribution in [3.8, 4) is 0 Å². The third-order valence-corrected chi connectivity index (χ3v) is 3.57. The number of hydrogen-bond donors (Lipinski definition) is 0. The van der Waals surface area contributed by atoms with Crippen LogP contribution in [0.25, 0.3) is 10.2 Å². The number of hydrogen-bond acceptors (Lipinski definition) is 4. The second-order valence-electron chi connectivity index (χ2n) is 3.50. The molecule has 0 fully saturated rings. The zero-order valence-corrected chi connectivity index (χ0v) is 10.5. The monoisotopic (exact) mass is 251 g/mol. The van der Waals surface area contributed by atoms with Gasteiger partial charge in [-0.15, -0.1) is 0 Å². The maximum atomic E-state index is 12.1. The van der Waals surface area contributed by atoms with Crippen LogP contribution >= 0.6 is 11.5 Å². The molecule has 0 saturated heterocycles. The summed E-state index contributed by atoms with van der Waals surface area (Å²) in [7, 11) is 0. The summed E-state index contributed by atoms with van der Waals surface area (Å²) in [5.74, 6) is 0. The lowest BCUT2D eigenvalue weighted by atomic mass is 10.4. The number of fused-ring (bicyclic) bond motifs is 1. The minimum absolute atomic E-state index is 0.275. The van der Waals surface area contributed by atoms with Crippen molar-refractivity contribution in [1.82, 2.24) is 13.8 Å². The molecule has 0 atom stereocenters. The molecule has 0 radical (unpaired) electrons. The topological polar surface area (TPSA) is 55.2 Å². The number of amides is 1. The van der Waals surface area contributed by atoms with E-state index in [4.69, 9.17) is 0 Å². The molecule has 0 bridgehead atoms. The summed E-state index contributed by atoms with van der Waals surface area (Å²) >= 11 is 1.09. The second-order valence-corrected chi connectivity index (χ2v) is 4.44. The van der Waals surface area contributed by atoms with Crippen LogP contribution in [0.1, 0.15) is 13.8 Å². The van der Waals surface area contributed by atoms with E-state index in [1.807, 2.05) is 13.8 Å². The van der Waals surface area contributed by atoms with Crippen LogP contribution in [0, 0.1) is 0 Å². The SMILES string of the molecule is CCN(CC)C(=O)n1sc2ncccc2c1=O. The first kappa shape index (κ1) is 11.8. The van der Waals surface area contributed by atoms with Crippen LogP contribution < -0.4 is 5.56 Å². The Morgan fingerprint density at radius 3 is 2.76 bits per heavy atom. The molecule has 0 aliphatic carbocycles. The van der Waals surface area contributed by atoms with E-state index in [2.05, 4.69) is 4.98 Å². The first-order valence-electron chi connectivity index (χ1n) is 5.45. The molecular formula is C11H13N3O2S. The van der Waals surface area contributed by atoms with Crippen LogP contribution in [0.15, 0.2) is 23.1 Å². The van der Waals surface area contributed by atoms with E-state index in [-0.39, 0.29) is 11.6 Å². The van der Waals surface area contributed by atoms with Crippen molar-refractivity contribution in [3.63, 3.8) is 0 Å². The summed E-state index contributed by atoms with van der Waals surface area (Å²) in [4.78, 5) is 30.3. The van der Waals surface area contributed by atoms with Gasteiger partial charge in [0.2, 0.25) is 0 Å². The zero-order valence-electron chi connectivity index (χ0n) is 9.71. The molecule has 5 nitrogen and oxygen atoms in total. The number of carbonyl (C=O) groups excluding carboxylic acids is 1. The highest BCUT2D eigenvalue weighted by atomic mass is 32.1. The maximum absolute atomic E-state index is 12.1. The summed E-state index contributed by atoms with van der Waals surface area (Å²) in [5.41, 5.74) is -0.282. The number of nitrogens with zero attached hydrogens (tertiary/aromatic N) is 3. The highest BCUT2D eigenvalue weighted by Crippen LogP contribution is 2.13. The van der Waals surface area contributed by atoms with Gasteiger partial charge in [0.15, 0.2) is 0 Å². The van der Waals surface area contributed by atoms with Gasteiger partial charge in [-0.1, -0.05) is 0 Å². The Hall–Kier alpha value is -1.69. The molecule has 2 heterocycles. The molecule has 1 amide bonds. The molecule has 0 aliphatic rings. The second kappa shape index (κ2) is 4.67. The molecule has 90 valence electrons. The van der Waals surface area contributed by atoms with Gasteiger partial charge in [-0.2, -0.15) is 3.96 Å². The average molecular weight is 251 g/mol. The largest absolute Gasteiger partial charge is 0.340 e.